The van der Waals surface area contributed by atoms with Gasteiger partial charge in [-0.05, 0) is 6.92 Å². The van der Waals surface area contributed by atoms with Gasteiger partial charge < -0.3 is 15.0 Å². The highest BCUT2D eigenvalue weighted by Crippen LogP contribution is 2.11. The lowest BCUT2D eigenvalue weighted by Gasteiger charge is -2.27. The number of aromatic nitrogens is 2. The summed E-state index contributed by atoms with van der Waals surface area (Å²) in [4.78, 5) is 19.5. The van der Waals surface area contributed by atoms with Crippen LogP contribution in [0.1, 0.15) is 23.0 Å². The predicted molar refractivity (Wildman–Crippen MR) is 105 cm³/mol. The molecule has 0 spiro atoms. The summed E-state index contributed by atoms with van der Waals surface area (Å²) in [5, 5.41) is 4.29. The number of nitrogens with two attached hydrogens (primary N) is 1. The molecule has 4 rings (SSSR count). The van der Waals surface area contributed by atoms with Gasteiger partial charge in [0.2, 0.25) is 0 Å². The number of hydrogen-bond acceptors (Lipinski definition) is 4. The van der Waals surface area contributed by atoms with Gasteiger partial charge in [0.05, 0.1) is 13.2 Å². The molecule has 6 nitrogen and oxygen atoms in total. The fraction of sp³-hybridized carbons (Fsp3) is 0.400. The summed E-state index contributed by atoms with van der Waals surface area (Å²) in [6, 6.07) is 12.6. The maximum absolute atomic E-state index is 12.4. The maximum Gasteiger partial charge on any atom is 0.259 e. The highest BCUT2D eigenvalue weighted by Gasteiger charge is 2.24. The van der Waals surface area contributed by atoms with E-state index in [0.29, 0.717) is 12.6 Å². The third kappa shape index (κ3) is 4.27. The van der Waals surface area contributed by atoms with E-state index >= 15 is 0 Å². The van der Waals surface area contributed by atoms with Crippen LogP contribution in [0.15, 0.2) is 46.6 Å². The number of nitrogens with one attached hydrogen (secondary N) is 1. The SMILES string of the molecule is Cc1csc2nc(C[NH2+][C@@H](C[NH+]3CCOCC3)c3ccccc3)cc(=O)n12. The van der Waals surface area contributed by atoms with Crippen molar-refractivity contribution < 1.29 is 15.0 Å². The third-order valence-electron chi connectivity index (χ3n) is 5.18. The van der Waals surface area contributed by atoms with Crippen LogP contribution in [0.4, 0.5) is 0 Å². The standard InChI is InChI=1S/C20H24N4O2S/c1-15-14-27-20-22-17(11-19(25)24(15)20)12-21-18(16-5-3-2-4-6-16)13-23-7-9-26-10-8-23/h2-6,11,14,18,21H,7-10,12-13H2,1H3/p+2/t18-/m0/s1. The summed E-state index contributed by atoms with van der Waals surface area (Å²) in [6.07, 6.45) is 0. The van der Waals surface area contributed by atoms with E-state index in [1.54, 1.807) is 15.4 Å². The molecular formula is C20H26N4O2S+2. The molecule has 0 unspecified atom stereocenters. The molecule has 0 bridgehead atoms. The van der Waals surface area contributed by atoms with Crippen LogP contribution in [0.3, 0.4) is 0 Å². The molecule has 7 heteroatoms. The Kier molecular flexibility index (Phi) is 5.63. The summed E-state index contributed by atoms with van der Waals surface area (Å²) < 4.78 is 7.18. The number of thiazole rings is 1. The fourth-order valence-electron chi connectivity index (χ4n) is 3.68. The highest BCUT2D eigenvalue weighted by atomic mass is 32.1. The minimum absolute atomic E-state index is 0.0113. The molecular weight excluding hydrogens is 360 g/mol. The number of fused-ring (bicyclic) bond motifs is 1. The second-order valence-electron chi connectivity index (χ2n) is 7.10. The van der Waals surface area contributed by atoms with Crippen molar-refractivity contribution in [3.05, 3.63) is 69.1 Å². The van der Waals surface area contributed by atoms with Crippen LogP contribution in [-0.4, -0.2) is 42.2 Å². The minimum atomic E-state index is 0.0113. The van der Waals surface area contributed by atoms with Gasteiger partial charge in [0.1, 0.15) is 31.9 Å². The molecule has 0 saturated carbocycles. The molecule has 3 N–H and O–H groups in total. The van der Waals surface area contributed by atoms with Gasteiger partial charge in [0.15, 0.2) is 11.0 Å². The molecule has 1 aliphatic rings. The zero-order valence-electron chi connectivity index (χ0n) is 15.6. The largest absolute Gasteiger partial charge is 0.370 e. The number of aryl methyl sites for hydroxylation is 1. The van der Waals surface area contributed by atoms with E-state index in [1.165, 1.54) is 16.9 Å². The van der Waals surface area contributed by atoms with Crippen molar-refractivity contribution in [2.45, 2.75) is 19.5 Å². The zero-order valence-corrected chi connectivity index (χ0v) is 16.4. The second kappa shape index (κ2) is 8.31. The number of nitrogens with zero attached hydrogens (tertiary/aromatic N) is 2. The first-order valence-electron chi connectivity index (χ1n) is 9.47. The van der Waals surface area contributed by atoms with Gasteiger partial charge >= 0.3 is 0 Å². The molecule has 27 heavy (non-hydrogen) atoms. The third-order valence-corrected chi connectivity index (χ3v) is 6.12. The minimum Gasteiger partial charge on any atom is -0.370 e. The number of morpholine rings is 1. The molecule has 1 aliphatic heterocycles. The Morgan fingerprint density at radius 2 is 2.07 bits per heavy atom. The Balaban J connectivity index is 1.52. The van der Waals surface area contributed by atoms with Crippen molar-refractivity contribution in [1.82, 2.24) is 9.38 Å². The summed E-state index contributed by atoms with van der Waals surface area (Å²) in [5.74, 6) is 0. The van der Waals surface area contributed by atoms with E-state index in [4.69, 9.17) is 9.72 Å². The van der Waals surface area contributed by atoms with Gasteiger partial charge in [-0.25, -0.2) is 4.98 Å². The van der Waals surface area contributed by atoms with Gasteiger partial charge in [0.25, 0.3) is 5.56 Å². The summed E-state index contributed by atoms with van der Waals surface area (Å²) in [7, 11) is 0. The molecule has 1 fully saturated rings. The van der Waals surface area contributed by atoms with Crippen molar-refractivity contribution in [1.29, 1.82) is 0 Å². The topological polar surface area (TPSA) is 64.7 Å². The molecule has 3 aromatic rings. The van der Waals surface area contributed by atoms with Crippen molar-refractivity contribution in [2.24, 2.45) is 0 Å². The normalized spacial score (nSPS) is 16.6. The monoisotopic (exact) mass is 386 g/mol. The number of rotatable bonds is 6. The van der Waals surface area contributed by atoms with Crippen LogP contribution in [0.2, 0.25) is 0 Å². The molecule has 1 atom stereocenters. The van der Waals surface area contributed by atoms with E-state index in [0.717, 1.165) is 49.2 Å². The molecule has 3 heterocycles. The van der Waals surface area contributed by atoms with E-state index in [1.807, 2.05) is 12.3 Å². The van der Waals surface area contributed by atoms with Crippen LogP contribution >= 0.6 is 11.3 Å². The molecule has 0 aliphatic carbocycles. The first-order chi connectivity index (χ1) is 13.2. The quantitative estimate of drug-likeness (QED) is 0.616. The van der Waals surface area contributed by atoms with Crippen LogP contribution < -0.4 is 15.8 Å². The molecule has 1 aromatic carbocycles. The first kappa shape index (κ1) is 18.3. The lowest BCUT2D eigenvalue weighted by molar-refractivity contribution is -0.929. The van der Waals surface area contributed by atoms with Gasteiger partial charge in [-0.3, -0.25) is 9.20 Å². The van der Waals surface area contributed by atoms with Crippen LogP contribution in [0.5, 0.6) is 0 Å². The van der Waals surface area contributed by atoms with Gasteiger partial charge in [0, 0.05) is 22.7 Å². The Bertz CT molecular complexity index is 948. The average Bonchev–Trinajstić information content (AvgIpc) is 3.08. The molecule has 1 saturated heterocycles. The number of hydrogen-bond donors (Lipinski definition) is 2. The predicted octanol–water partition coefficient (Wildman–Crippen LogP) is -0.216. The first-order valence-corrected chi connectivity index (χ1v) is 10.3. The smallest absolute Gasteiger partial charge is 0.259 e. The lowest BCUT2D eigenvalue weighted by Crippen LogP contribution is -3.16. The average molecular weight is 387 g/mol. The highest BCUT2D eigenvalue weighted by molar-refractivity contribution is 7.15. The van der Waals surface area contributed by atoms with Gasteiger partial charge in [-0.2, -0.15) is 0 Å². The number of ether oxygens (including phenoxy) is 1. The van der Waals surface area contributed by atoms with Crippen molar-refractivity contribution in [3.63, 3.8) is 0 Å². The number of benzene rings is 1. The second-order valence-corrected chi connectivity index (χ2v) is 7.94. The zero-order chi connectivity index (χ0) is 18.6. The van der Waals surface area contributed by atoms with Crippen molar-refractivity contribution in [3.8, 4) is 0 Å². The summed E-state index contributed by atoms with van der Waals surface area (Å²) in [5.41, 5.74) is 3.12. The van der Waals surface area contributed by atoms with Crippen LogP contribution in [0.25, 0.3) is 4.96 Å². The Labute approximate surface area is 162 Å². The Hall–Kier alpha value is -2.06. The van der Waals surface area contributed by atoms with E-state index < -0.39 is 0 Å². The summed E-state index contributed by atoms with van der Waals surface area (Å²) >= 11 is 1.52. The Morgan fingerprint density at radius 3 is 2.85 bits per heavy atom. The van der Waals surface area contributed by atoms with Crippen molar-refractivity contribution >= 4 is 16.3 Å². The van der Waals surface area contributed by atoms with E-state index in [-0.39, 0.29) is 5.56 Å². The van der Waals surface area contributed by atoms with Gasteiger partial charge in [-0.15, -0.1) is 11.3 Å². The van der Waals surface area contributed by atoms with Gasteiger partial charge in [-0.1, -0.05) is 30.3 Å². The molecule has 142 valence electrons. The summed E-state index contributed by atoms with van der Waals surface area (Å²) in [6.45, 7) is 7.47. The number of quaternary nitrogens is 2. The van der Waals surface area contributed by atoms with Crippen LogP contribution in [-0.2, 0) is 11.3 Å². The van der Waals surface area contributed by atoms with E-state index in [9.17, 15) is 4.79 Å². The molecule has 0 amide bonds. The Morgan fingerprint density at radius 1 is 1.30 bits per heavy atom. The van der Waals surface area contributed by atoms with E-state index in [2.05, 4.69) is 35.6 Å². The van der Waals surface area contributed by atoms with Crippen molar-refractivity contribution in [2.75, 3.05) is 32.8 Å². The van der Waals surface area contributed by atoms with Crippen LogP contribution in [0, 0.1) is 6.92 Å². The molecule has 2 aromatic heterocycles. The fourth-order valence-corrected chi connectivity index (χ4v) is 4.57. The molecule has 0 radical (unpaired) electrons. The lowest BCUT2D eigenvalue weighted by atomic mass is 10.1. The maximum atomic E-state index is 12.4.